The predicted molar refractivity (Wildman–Crippen MR) is 78.9 cm³/mol. The van der Waals surface area contributed by atoms with Gasteiger partial charge in [-0.3, -0.25) is 4.79 Å². The Morgan fingerprint density at radius 2 is 2.10 bits per heavy atom. The van der Waals surface area contributed by atoms with E-state index in [9.17, 15) is 17.6 Å². The van der Waals surface area contributed by atoms with Gasteiger partial charge in [0.25, 0.3) is 0 Å². The van der Waals surface area contributed by atoms with Gasteiger partial charge in [0, 0.05) is 13.6 Å². The van der Waals surface area contributed by atoms with Gasteiger partial charge >= 0.3 is 0 Å². The van der Waals surface area contributed by atoms with Gasteiger partial charge in [-0.1, -0.05) is 11.6 Å². The number of nitrogens with two attached hydrogens (primary N) is 1. The van der Waals surface area contributed by atoms with Gasteiger partial charge in [0.1, 0.15) is 10.7 Å². The largest absolute Gasteiger partial charge is 0.396 e. The number of rotatable bonds is 5. The van der Waals surface area contributed by atoms with Crippen LogP contribution in [0.4, 0.5) is 10.1 Å². The average Bonchev–Trinajstić information content (AvgIpc) is 2.40. The van der Waals surface area contributed by atoms with Crippen LogP contribution >= 0.6 is 11.6 Å². The third-order valence-electron chi connectivity index (χ3n) is 2.89. The zero-order valence-electron chi connectivity index (χ0n) is 11.9. The number of likely N-dealkylation sites (N-methyl/N-ethyl adjacent to an activating group) is 1. The molecule has 1 amide bonds. The van der Waals surface area contributed by atoms with Crippen molar-refractivity contribution in [3.8, 4) is 0 Å². The number of nitrogens with one attached hydrogen (secondary N) is 1. The third-order valence-corrected chi connectivity index (χ3v) is 4.90. The first kappa shape index (κ1) is 17.7. The zero-order valence-corrected chi connectivity index (χ0v) is 13.4. The summed E-state index contributed by atoms with van der Waals surface area (Å²) < 4.78 is 39.8. The van der Waals surface area contributed by atoms with Crippen molar-refractivity contribution in [1.29, 1.82) is 0 Å². The lowest BCUT2D eigenvalue weighted by atomic mass is 10.3. The topological polar surface area (TPSA) is 92.5 Å². The molecule has 6 nitrogen and oxygen atoms in total. The predicted octanol–water partition coefficient (Wildman–Crippen LogP) is 1.21. The van der Waals surface area contributed by atoms with Crippen molar-refractivity contribution in [2.75, 3.05) is 19.3 Å². The molecule has 1 aromatic carbocycles. The van der Waals surface area contributed by atoms with E-state index >= 15 is 0 Å². The molecule has 1 rings (SSSR count). The monoisotopic (exact) mass is 337 g/mol. The van der Waals surface area contributed by atoms with Crippen molar-refractivity contribution < 1.29 is 17.6 Å². The van der Waals surface area contributed by atoms with Gasteiger partial charge in [-0.15, -0.1) is 0 Å². The maximum Gasteiger partial charge on any atom is 0.242 e. The van der Waals surface area contributed by atoms with Crippen LogP contribution in [0.2, 0.25) is 5.02 Å². The minimum Gasteiger partial charge on any atom is -0.396 e. The number of nitrogens with zero attached hydrogens (tertiary/aromatic N) is 1. The van der Waals surface area contributed by atoms with Crippen molar-refractivity contribution in [2.45, 2.75) is 24.8 Å². The molecular formula is C12H17ClFN3O3S. The summed E-state index contributed by atoms with van der Waals surface area (Å²) in [6.45, 7) is 3.61. The molecule has 0 aliphatic heterocycles. The summed E-state index contributed by atoms with van der Waals surface area (Å²) in [7, 11) is -2.54. The minimum absolute atomic E-state index is 0.308. The van der Waals surface area contributed by atoms with Crippen LogP contribution in [0.3, 0.4) is 0 Å². The van der Waals surface area contributed by atoms with Gasteiger partial charge in [-0.2, -0.15) is 4.72 Å². The molecule has 1 unspecified atom stereocenters. The summed E-state index contributed by atoms with van der Waals surface area (Å²) in [6, 6.07) is 0.749. The van der Waals surface area contributed by atoms with E-state index in [2.05, 4.69) is 4.72 Å². The highest BCUT2D eigenvalue weighted by Crippen LogP contribution is 2.26. The molecule has 9 heteroatoms. The van der Waals surface area contributed by atoms with E-state index in [0.29, 0.717) is 6.54 Å². The second-order valence-corrected chi connectivity index (χ2v) is 6.59. The molecule has 1 atom stereocenters. The number of hydrogen-bond acceptors (Lipinski definition) is 4. The molecule has 3 N–H and O–H groups in total. The molecule has 0 aromatic heterocycles. The van der Waals surface area contributed by atoms with E-state index in [4.69, 9.17) is 17.3 Å². The number of sulfonamides is 1. The lowest BCUT2D eigenvalue weighted by Crippen LogP contribution is -2.45. The molecule has 0 bridgehead atoms. The third kappa shape index (κ3) is 4.05. The van der Waals surface area contributed by atoms with Gasteiger partial charge in [0.15, 0.2) is 0 Å². The zero-order chi connectivity index (χ0) is 16.4. The lowest BCUT2D eigenvalue weighted by molar-refractivity contribution is -0.131. The maximum atomic E-state index is 13.2. The Bertz CT molecular complexity index is 651. The number of amides is 1. The number of benzene rings is 1. The first-order chi connectivity index (χ1) is 9.60. The van der Waals surface area contributed by atoms with Crippen LogP contribution in [0.15, 0.2) is 17.0 Å². The fourth-order valence-electron chi connectivity index (χ4n) is 1.58. The molecule has 0 spiro atoms. The minimum atomic E-state index is -4.09. The summed E-state index contributed by atoms with van der Waals surface area (Å²) in [5, 5.41) is -0.308. The Labute approximate surface area is 128 Å². The SMILES string of the molecule is CCN(C)C(=O)C(C)NS(=O)(=O)c1cc(N)c(F)cc1Cl. The second kappa shape index (κ2) is 6.59. The van der Waals surface area contributed by atoms with E-state index in [1.807, 2.05) is 0 Å². The summed E-state index contributed by atoms with van der Waals surface area (Å²) in [6.07, 6.45) is 0. The summed E-state index contributed by atoms with van der Waals surface area (Å²) in [5.41, 5.74) is 5.00. The van der Waals surface area contributed by atoms with Crippen molar-refractivity contribution >= 4 is 33.2 Å². The van der Waals surface area contributed by atoms with Crippen LogP contribution < -0.4 is 10.5 Å². The van der Waals surface area contributed by atoms with Crippen molar-refractivity contribution in [3.05, 3.63) is 23.0 Å². The number of halogens is 2. The molecule has 0 fully saturated rings. The lowest BCUT2D eigenvalue weighted by Gasteiger charge is -2.20. The van der Waals surface area contributed by atoms with Gasteiger partial charge in [-0.25, -0.2) is 12.8 Å². The molecule has 0 aliphatic rings. The molecule has 0 radical (unpaired) electrons. The molecule has 118 valence electrons. The Morgan fingerprint density at radius 1 is 1.52 bits per heavy atom. The molecule has 0 saturated heterocycles. The number of hydrogen-bond donors (Lipinski definition) is 2. The normalized spacial score (nSPS) is 13.0. The van der Waals surface area contributed by atoms with Gasteiger partial charge in [-0.05, 0) is 26.0 Å². The second-order valence-electron chi connectivity index (χ2n) is 4.50. The van der Waals surface area contributed by atoms with E-state index in [0.717, 1.165) is 12.1 Å². The van der Waals surface area contributed by atoms with Gasteiger partial charge < -0.3 is 10.6 Å². The Morgan fingerprint density at radius 3 is 2.62 bits per heavy atom. The Kier molecular flexibility index (Phi) is 5.54. The van der Waals surface area contributed by atoms with Gasteiger partial charge in [0.05, 0.1) is 16.8 Å². The smallest absolute Gasteiger partial charge is 0.242 e. The number of carbonyl (C=O) groups excluding carboxylic acids is 1. The van der Waals surface area contributed by atoms with Crippen molar-refractivity contribution in [1.82, 2.24) is 9.62 Å². The Hall–Kier alpha value is -1.38. The standard InChI is InChI=1S/C12H17ClFN3O3S/c1-4-17(3)12(18)7(2)16-21(19,20)11-6-10(15)9(14)5-8(11)13/h5-7,16H,4,15H2,1-3H3. The summed E-state index contributed by atoms with van der Waals surface area (Å²) in [5.74, 6) is -1.21. The van der Waals surface area contributed by atoms with Crippen LogP contribution in [-0.4, -0.2) is 38.9 Å². The highest BCUT2D eigenvalue weighted by Gasteiger charge is 2.26. The van der Waals surface area contributed by atoms with Crippen LogP contribution in [0.1, 0.15) is 13.8 Å². The highest BCUT2D eigenvalue weighted by atomic mass is 35.5. The van der Waals surface area contributed by atoms with Crippen LogP contribution in [0, 0.1) is 5.82 Å². The average molecular weight is 338 g/mol. The number of anilines is 1. The van der Waals surface area contributed by atoms with Crippen molar-refractivity contribution in [3.63, 3.8) is 0 Å². The molecule has 21 heavy (non-hydrogen) atoms. The molecule has 0 saturated carbocycles. The molecule has 0 heterocycles. The van der Waals surface area contributed by atoms with E-state index in [1.54, 1.807) is 14.0 Å². The maximum absolute atomic E-state index is 13.2. The van der Waals surface area contributed by atoms with Crippen LogP contribution in [0.5, 0.6) is 0 Å². The molecule has 0 aliphatic carbocycles. The van der Waals surface area contributed by atoms with Crippen LogP contribution in [0.25, 0.3) is 0 Å². The summed E-state index contributed by atoms with van der Waals surface area (Å²) in [4.78, 5) is 12.9. The fourth-order valence-corrected chi connectivity index (χ4v) is 3.33. The first-order valence-electron chi connectivity index (χ1n) is 6.12. The first-order valence-corrected chi connectivity index (χ1v) is 7.98. The summed E-state index contributed by atoms with van der Waals surface area (Å²) >= 11 is 5.73. The number of carbonyl (C=O) groups is 1. The van der Waals surface area contributed by atoms with E-state index in [1.165, 1.54) is 11.8 Å². The van der Waals surface area contributed by atoms with Crippen LogP contribution in [-0.2, 0) is 14.8 Å². The highest BCUT2D eigenvalue weighted by molar-refractivity contribution is 7.89. The quantitative estimate of drug-likeness (QED) is 0.790. The fraction of sp³-hybridized carbons (Fsp3) is 0.417. The van der Waals surface area contributed by atoms with Gasteiger partial charge in [0.2, 0.25) is 15.9 Å². The molecular weight excluding hydrogens is 321 g/mol. The van der Waals surface area contributed by atoms with E-state index in [-0.39, 0.29) is 15.6 Å². The van der Waals surface area contributed by atoms with E-state index < -0.39 is 27.8 Å². The Balaban J connectivity index is 3.08. The van der Waals surface area contributed by atoms with Crippen molar-refractivity contribution in [2.24, 2.45) is 0 Å². The number of nitrogen functional groups attached to an aromatic ring is 1. The molecule has 1 aromatic rings.